The van der Waals surface area contributed by atoms with Crippen molar-refractivity contribution >= 4 is 0 Å². The molecular formula is C39H64O2. The molecule has 41 heavy (non-hydrogen) atoms. The van der Waals surface area contributed by atoms with Gasteiger partial charge in [0, 0.05) is 5.41 Å². The van der Waals surface area contributed by atoms with Crippen LogP contribution in [0.1, 0.15) is 177 Å². The summed E-state index contributed by atoms with van der Waals surface area (Å²) in [5.41, 5.74) is 10.6. The molecule has 2 nitrogen and oxygen atoms in total. The van der Waals surface area contributed by atoms with Crippen molar-refractivity contribution in [1.29, 1.82) is 0 Å². The molecule has 0 saturated heterocycles. The molecule has 0 bridgehead atoms. The molecule has 0 radical (unpaired) electrons. The number of benzene rings is 2. The molecule has 0 aliphatic heterocycles. The van der Waals surface area contributed by atoms with Crippen LogP contribution in [-0.4, -0.2) is 10.2 Å². The van der Waals surface area contributed by atoms with Gasteiger partial charge in [-0.05, 0) is 134 Å². The van der Waals surface area contributed by atoms with E-state index in [0.29, 0.717) is 11.5 Å². The number of aromatic hydroxyl groups is 2. The fraction of sp³-hybridized carbons (Fsp3) is 0.692. The van der Waals surface area contributed by atoms with Crippen LogP contribution in [0.15, 0.2) is 12.1 Å². The van der Waals surface area contributed by atoms with Gasteiger partial charge in [0.25, 0.3) is 0 Å². The maximum absolute atomic E-state index is 11.4. The summed E-state index contributed by atoms with van der Waals surface area (Å²) in [5, 5.41) is 22.9. The standard InChI is InChI=1S/C39H64O2/c1-9-15-21-29-27-35(40)31(23-17-11-3)33(25-19-13-5)37(29)39(7,8)38-30(22-16-10-2)28-36(41)32(24-18-12-4)34(38)26-20-14-6/h27-28,40-41H,9-26H2,1-8H3. The van der Waals surface area contributed by atoms with Crippen molar-refractivity contribution in [3.63, 3.8) is 0 Å². The first-order valence-corrected chi connectivity index (χ1v) is 17.5. The summed E-state index contributed by atoms with van der Waals surface area (Å²) >= 11 is 0. The highest BCUT2D eigenvalue weighted by atomic mass is 16.3. The SMILES string of the molecule is CCCCc1cc(O)c(CCCC)c(CCCC)c1C(C)(C)c1c(CCCC)cc(O)c(CCCC)c1CCCC. The molecule has 0 amide bonds. The second-order valence-electron chi connectivity index (χ2n) is 13.0. The molecule has 2 rings (SSSR count). The number of phenolic OH excluding ortho intramolecular Hbond substituents is 2. The van der Waals surface area contributed by atoms with E-state index in [1.165, 1.54) is 44.5 Å². The molecule has 0 saturated carbocycles. The Morgan fingerprint density at radius 2 is 0.707 bits per heavy atom. The Kier molecular flexibility index (Phi) is 15.4. The van der Waals surface area contributed by atoms with Gasteiger partial charge in [-0.25, -0.2) is 0 Å². The summed E-state index contributed by atoms with van der Waals surface area (Å²) < 4.78 is 0. The average Bonchev–Trinajstić information content (AvgIpc) is 2.95. The Balaban J connectivity index is 3.05. The van der Waals surface area contributed by atoms with Gasteiger partial charge in [-0.2, -0.15) is 0 Å². The monoisotopic (exact) mass is 564 g/mol. The van der Waals surface area contributed by atoms with Crippen LogP contribution < -0.4 is 0 Å². The van der Waals surface area contributed by atoms with Crippen molar-refractivity contribution in [3.8, 4) is 11.5 Å². The lowest BCUT2D eigenvalue weighted by molar-refractivity contribution is 0.459. The number of rotatable bonds is 20. The van der Waals surface area contributed by atoms with E-state index >= 15 is 0 Å². The van der Waals surface area contributed by atoms with E-state index in [2.05, 4.69) is 67.5 Å². The van der Waals surface area contributed by atoms with E-state index in [-0.39, 0.29) is 5.41 Å². The maximum atomic E-state index is 11.4. The summed E-state index contributed by atoms with van der Waals surface area (Å²) in [6, 6.07) is 4.28. The lowest BCUT2D eigenvalue weighted by atomic mass is 9.67. The summed E-state index contributed by atoms with van der Waals surface area (Å²) in [6.07, 6.45) is 19.5. The fourth-order valence-corrected chi connectivity index (χ4v) is 6.98. The minimum atomic E-state index is -0.221. The topological polar surface area (TPSA) is 40.5 Å². The van der Waals surface area contributed by atoms with Crippen LogP contribution in [0.2, 0.25) is 0 Å². The minimum Gasteiger partial charge on any atom is -0.508 e. The molecule has 0 aromatic heterocycles. The van der Waals surface area contributed by atoms with Gasteiger partial charge in [0.15, 0.2) is 0 Å². The van der Waals surface area contributed by atoms with Crippen molar-refractivity contribution < 1.29 is 10.2 Å². The second kappa shape index (κ2) is 17.9. The number of phenols is 2. The number of aryl methyl sites for hydroxylation is 2. The van der Waals surface area contributed by atoms with E-state index in [4.69, 9.17) is 0 Å². The highest BCUT2D eigenvalue weighted by Gasteiger charge is 2.35. The molecule has 2 aromatic rings. The van der Waals surface area contributed by atoms with Gasteiger partial charge in [-0.1, -0.05) is 93.9 Å². The average molecular weight is 565 g/mol. The molecule has 0 heterocycles. The van der Waals surface area contributed by atoms with Crippen molar-refractivity contribution in [2.45, 2.75) is 176 Å². The maximum Gasteiger partial charge on any atom is 0.119 e. The normalized spacial score (nSPS) is 11.9. The Morgan fingerprint density at radius 1 is 0.439 bits per heavy atom. The van der Waals surface area contributed by atoms with Gasteiger partial charge in [0.2, 0.25) is 0 Å². The van der Waals surface area contributed by atoms with E-state index in [0.717, 1.165) is 116 Å². The van der Waals surface area contributed by atoms with Gasteiger partial charge in [0.1, 0.15) is 11.5 Å². The Bertz CT molecular complexity index is 979. The van der Waals surface area contributed by atoms with Gasteiger partial charge in [-0.3, -0.25) is 0 Å². The molecule has 0 aliphatic rings. The first-order valence-electron chi connectivity index (χ1n) is 17.5. The van der Waals surface area contributed by atoms with Gasteiger partial charge in [-0.15, -0.1) is 0 Å². The zero-order valence-electron chi connectivity index (χ0n) is 28.3. The zero-order chi connectivity index (χ0) is 30.4. The minimum absolute atomic E-state index is 0.221. The molecule has 0 fully saturated rings. The molecule has 2 aromatic carbocycles. The second-order valence-corrected chi connectivity index (χ2v) is 13.0. The molecule has 0 aliphatic carbocycles. The van der Waals surface area contributed by atoms with E-state index in [1.54, 1.807) is 0 Å². The lowest BCUT2D eigenvalue weighted by Crippen LogP contribution is -2.28. The third kappa shape index (κ3) is 9.01. The van der Waals surface area contributed by atoms with Crippen molar-refractivity contribution in [2.75, 3.05) is 0 Å². The third-order valence-electron chi connectivity index (χ3n) is 9.19. The van der Waals surface area contributed by atoms with Crippen LogP contribution in [0.4, 0.5) is 0 Å². The predicted molar refractivity (Wildman–Crippen MR) is 180 cm³/mol. The van der Waals surface area contributed by atoms with Gasteiger partial charge < -0.3 is 10.2 Å². The Labute approximate surface area is 254 Å². The first kappa shape index (κ1) is 35.2. The Morgan fingerprint density at radius 3 is 1.00 bits per heavy atom. The highest BCUT2D eigenvalue weighted by molar-refractivity contribution is 5.60. The van der Waals surface area contributed by atoms with Crippen LogP contribution in [-0.2, 0) is 43.9 Å². The Hall–Kier alpha value is -1.96. The third-order valence-corrected chi connectivity index (χ3v) is 9.19. The summed E-state index contributed by atoms with van der Waals surface area (Å²) in [4.78, 5) is 0. The smallest absolute Gasteiger partial charge is 0.119 e. The van der Waals surface area contributed by atoms with Crippen LogP contribution in [0.5, 0.6) is 11.5 Å². The zero-order valence-corrected chi connectivity index (χ0v) is 28.3. The van der Waals surface area contributed by atoms with Crippen molar-refractivity contribution in [1.82, 2.24) is 0 Å². The predicted octanol–water partition coefficient (Wildman–Crippen LogP) is 11.5. The molecule has 0 unspecified atom stereocenters. The van der Waals surface area contributed by atoms with Crippen LogP contribution in [0.25, 0.3) is 0 Å². The van der Waals surface area contributed by atoms with Gasteiger partial charge >= 0.3 is 0 Å². The molecule has 2 heteroatoms. The van der Waals surface area contributed by atoms with Gasteiger partial charge in [0.05, 0.1) is 0 Å². The van der Waals surface area contributed by atoms with E-state index in [9.17, 15) is 10.2 Å². The number of hydrogen-bond acceptors (Lipinski definition) is 2. The first-order chi connectivity index (χ1) is 19.7. The summed E-state index contributed by atoms with van der Waals surface area (Å²) in [6.45, 7) is 18.5. The molecular weight excluding hydrogens is 500 g/mol. The molecule has 0 atom stereocenters. The van der Waals surface area contributed by atoms with E-state index in [1.807, 2.05) is 0 Å². The van der Waals surface area contributed by atoms with Crippen LogP contribution in [0.3, 0.4) is 0 Å². The number of hydrogen-bond donors (Lipinski definition) is 2. The quantitative estimate of drug-likeness (QED) is 0.168. The highest BCUT2D eigenvalue weighted by Crippen LogP contribution is 2.47. The summed E-state index contributed by atoms with van der Waals surface area (Å²) in [7, 11) is 0. The van der Waals surface area contributed by atoms with Crippen LogP contribution in [0, 0.1) is 0 Å². The van der Waals surface area contributed by atoms with E-state index < -0.39 is 0 Å². The van der Waals surface area contributed by atoms with Crippen LogP contribution >= 0.6 is 0 Å². The summed E-state index contributed by atoms with van der Waals surface area (Å²) in [5.74, 6) is 1.03. The number of unbranched alkanes of at least 4 members (excludes halogenated alkanes) is 6. The molecule has 232 valence electrons. The molecule has 2 N–H and O–H groups in total. The fourth-order valence-electron chi connectivity index (χ4n) is 6.98. The lowest BCUT2D eigenvalue weighted by Gasteiger charge is -2.37. The molecule has 0 spiro atoms. The largest absolute Gasteiger partial charge is 0.508 e. The van der Waals surface area contributed by atoms with Crippen molar-refractivity contribution in [2.24, 2.45) is 0 Å². The van der Waals surface area contributed by atoms with Crippen molar-refractivity contribution in [3.05, 3.63) is 56.6 Å².